The molecule has 0 spiro atoms. The van der Waals surface area contributed by atoms with E-state index in [9.17, 15) is 9.59 Å². The largest absolute Gasteiger partial charge is 0.481 e. The molecule has 5 heteroatoms. The molecule has 1 fully saturated rings. The molecule has 1 aromatic heterocycles. The van der Waals surface area contributed by atoms with Crippen LogP contribution in [0, 0.1) is 17.3 Å². The quantitative estimate of drug-likeness (QED) is 0.620. The van der Waals surface area contributed by atoms with Crippen LogP contribution in [0.4, 0.5) is 0 Å². The molecule has 0 saturated heterocycles. The zero-order valence-corrected chi connectivity index (χ0v) is 14.0. The number of hydrogen-bond acceptors (Lipinski definition) is 4. The van der Waals surface area contributed by atoms with Gasteiger partial charge in [-0.1, -0.05) is 20.8 Å². The second kappa shape index (κ2) is 4.67. The first-order chi connectivity index (χ1) is 10.3. The van der Waals surface area contributed by atoms with Gasteiger partial charge in [-0.15, -0.1) is 0 Å². The Bertz CT molecular complexity index is 647. The first-order valence-electron chi connectivity index (χ1n) is 7.87. The van der Waals surface area contributed by atoms with E-state index in [0.29, 0.717) is 6.42 Å². The van der Waals surface area contributed by atoms with Crippen molar-refractivity contribution >= 4 is 12.1 Å². The van der Waals surface area contributed by atoms with Crippen LogP contribution in [0.15, 0.2) is 0 Å². The molecule has 5 nitrogen and oxygen atoms in total. The molecule has 0 amide bonds. The molecule has 1 unspecified atom stereocenters. The van der Waals surface area contributed by atoms with Gasteiger partial charge in [0.05, 0.1) is 18.7 Å². The summed E-state index contributed by atoms with van der Waals surface area (Å²) >= 11 is 0. The molecule has 2 aliphatic carbocycles. The number of carbonyl (C=O) groups excluding carboxylic acids is 2. The minimum atomic E-state index is -0.532. The highest BCUT2D eigenvalue weighted by Crippen LogP contribution is 2.57. The molecular weight excluding hydrogens is 280 g/mol. The molecule has 0 bridgehead atoms. The van der Waals surface area contributed by atoms with Gasteiger partial charge in [-0.25, -0.2) is 4.68 Å². The van der Waals surface area contributed by atoms with E-state index in [1.165, 1.54) is 0 Å². The van der Waals surface area contributed by atoms with Crippen molar-refractivity contribution in [1.82, 2.24) is 9.78 Å². The van der Waals surface area contributed by atoms with Crippen molar-refractivity contribution in [3.8, 4) is 5.88 Å². The number of rotatable bonds is 2. The molecule has 120 valence electrons. The molecule has 3 rings (SSSR count). The van der Waals surface area contributed by atoms with Gasteiger partial charge in [-0.3, -0.25) is 4.79 Å². The minimum absolute atomic E-state index is 0.0799. The molecule has 22 heavy (non-hydrogen) atoms. The lowest BCUT2D eigenvalue weighted by molar-refractivity contribution is -0.145. The molecule has 0 aliphatic heterocycles. The lowest BCUT2D eigenvalue weighted by Gasteiger charge is -2.53. The molecule has 2 aliphatic rings. The fourth-order valence-corrected chi connectivity index (χ4v) is 4.97. The van der Waals surface area contributed by atoms with Crippen LogP contribution in [0.5, 0.6) is 5.88 Å². The summed E-state index contributed by atoms with van der Waals surface area (Å²) in [6.07, 6.45) is 3.17. The van der Waals surface area contributed by atoms with E-state index >= 15 is 0 Å². The second-order valence-corrected chi connectivity index (χ2v) is 7.50. The van der Waals surface area contributed by atoms with Gasteiger partial charge < -0.3 is 9.53 Å². The number of Topliss-reactive ketones (excluding diaryl/α,β-unsaturated/α-hetero) is 1. The Hall–Kier alpha value is -1.65. The van der Waals surface area contributed by atoms with Crippen molar-refractivity contribution in [2.24, 2.45) is 24.3 Å². The number of aldehydes is 1. The summed E-state index contributed by atoms with van der Waals surface area (Å²) < 4.78 is 7.27. The van der Waals surface area contributed by atoms with Gasteiger partial charge in [-0.05, 0) is 25.2 Å². The summed E-state index contributed by atoms with van der Waals surface area (Å²) in [7, 11) is 3.54. The molecule has 1 heterocycles. The van der Waals surface area contributed by atoms with Crippen LogP contribution in [0.1, 0.15) is 44.9 Å². The molecule has 3 atom stereocenters. The Kier molecular flexibility index (Phi) is 3.24. The van der Waals surface area contributed by atoms with E-state index in [2.05, 4.69) is 6.92 Å². The summed E-state index contributed by atoms with van der Waals surface area (Å²) in [4.78, 5) is 24.1. The second-order valence-electron chi connectivity index (χ2n) is 7.50. The van der Waals surface area contributed by atoms with Crippen molar-refractivity contribution in [3.05, 3.63) is 11.3 Å². The lowest BCUT2D eigenvalue weighted by atomic mass is 9.49. The molecule has 1 aromatic rings. The molecule has 0 aromatic carbocycles. The standard InChI is InChI=1S/C17H24N2O3/c1-16(2)12-7-6-11-13(18-19(4)15(11)22-5)17(12,3)8-10(9-20)14(16)21/h9-10,12H,6-8H2,1-5H3/t10?,12-,17-/m0/s1. The Morgan fingerprint density at radius 1 is 1.36 bits per heavy atom. The average Bonchev–Trinajstić information content (AvgIpc) is 2.80. The number of fused-ring (bicyclic) bond motifs is 3. The van der Waals surface area contributed by atoms with Crippen molar-refractivity contribution in [2.45, 2.75) is 45.4 Å². The number of ether oxygens (including phenoxy) is 1. The van der Waals surface area contributed by atoms with E-state index in [-0.39, 0.29) is 17.1 Å². The highest BCUT2D eigenvalue weighted by Gasteiger charge is 2.58. The van der Waals surface area contributed by atoms with Crippen LogP contribution in [0.2, 0.25) is 0 Å². The van der Waals surface area contributed by atoms with E-state index in [0.717, 1.165) is 36.3 Å². The third kappa shape index (κ3) is 1.74. The van der Waals surface area contributed by atoms with Gasteiger partial charge in [0.25, 0.3) is 0 Å². The Labute approximate surface area is 131 Å². The van der Waals surface area contributed by atoms with Crippen molar-refractivity contribution in [1.29, 1.82) is 0 Å². The fourth-order valence-electron chi connectivity index (χ4n) is 4.97. The van der Waals surface area contributed by atoms with Crippen molar-refractivity contribution in [2.75, 3.05) is 7.11 Å². The minimum Gasteiger partial charge on any atom is -0.481 e. The predicted octanol–water partition coefficient (Wildman–Crippen LogP) is 2.06. The van der Waals surface area contributed by atoms with Crippen molar-refractivity contribution < 1.29 is 14.3 Å². The number of aromatic nitrogens is 2. The molecule has 0 N–H and O–H groups in total. The van der Waals surface area contributed by atoms with Gasteiger partial charge in [0.2, 0.25) is 5.88 Å². The van der Waals surface area contributed by atoms with Gasteiger partial charge in [0.1, 0.15) is 12.1 Å². The fraction of sp³-hybridized carbons (Fsp3) is 0.706. The van der Waals surface area contributed by atoms with Crippen LogP contribution in [-0.2, 0) is 28.5 Å². The van der Waals surface area contributed by atoms with E-state index in [1.54, 1.807) is 11.8 Å². The van der Waals surface area contributed by atoms with Crippen LogP contribution < -0.4 is 4.74 Å². The number of carbonyl (C=O) groups is 2. The zero-order chi connectivity index (χ0) is 16.3. The summed E-state index contributed by atoms with van der Waals surface area (Å²) in [5, 5.41) is 4.70. The summed E-state index contributed by atoms with van der Waals surface area (Å²) in [6.45, 7) is 6.13. The molecule has 0 radical (unpaired) electrons. The van der Waals surface area contributed by atoms with Crippen LogP contribution in [-0.4, -0.2) is 29.0 Å². The first kappa shape index (κ1) is 15.3. The maximum absolute atomic E-state index is 12.6. The number of nitrogens with zero attached hydrogens (tertiary/aromatic N) is 2. The average molecular weight is 304 g/mol. The van der Waals surface area contributed by atoms with Crippen LogP contribution in [0.3, 0.4) is 0 Å². The molecule has 1 saturated carbocycles. The Morgan fingerprint density at radius 3 is 2.64 bits per heavy atom. The number of methoxy groups -OCH3 is 1. The Balaban J connectivity index is 2.18. The van der Waals surface area contributed by atoms with E-state index in [1.807, 2.05) is 20.9 Å². The summed E-state index contributed by atoms with van der Waals surface area (Å²) in [6, 6.07) is 0. The van der Waals surface area contributed by atoms with Gasteiger partial charge in [-0.2, -0.15) is 5.10 Å². The summed E-state index contributed by atoms with van der Waals surface area (Å²) in [5.41, 5.74) is 1.39. The number of aryl methyl sites for hydroxylation is 1. The van der Waals surface area contributed by atoms with Gasteiger partial charge >= 0.3 is 0 Å². The third-order valence-corrected chi connectivity index (χ3v) is 5.93. The van der Waals surface area contributed by atoms with Crippen LogP contribution >= 0.6 is 0 Å². The third-order valence-electron chi connectivity index (χ3n) is 5.93. The van der Waals surface area contributed by atoms with E-state index < -0.39 is 11.3 Å². The maximum Gasteiger partial charge on any atom is 0.214 e. The smallest absolute Gasteiger partial charge is 0.214 e. The topological polar surface area (TPSA) is 61.2 Å². The number of ketones is 1. The normalized spacial score (nSPS) is 33.0. The highest BCUT2D eigenvalue weighted by atomic mass is 16.5. The van der Waals surface area contributed by atoms with Gasteiger partial charge in [0.15, 0.2) is 0 Å². The van der Waals surface area contributed by atoms with Crippen LogP contribution in [0.25, 0.3) is 0 Å². The lowest BCUT2D eigenvalue weighted by Crippen LogP contribution is -2.56. The highest BCUT2D eigenvalue weighted by molar-refractivity contribution is 5.98. The monoisotopic (exact) mass is 304 g/mol. The SMILES string of the molecule is COc1c2c(nn1C)[C@@]1(C)CC(C=O)C(=O)C(C)(C)[C@@H]1CC2. The Morgan fingerprint density at radius 2 is 2.05 bits per heavy atom. The predicted molar refractivity (Wildman–Crippen MR) is 81.9 cm³/mol. The molecular formula is C17H24N2O3. The first-order valence-corrected chi connectivity index (χ1v) is 7.87. The van der Waals surface area contributed by atoms with E-state index in [4.69, 9.17) is 9.84 Å². The van der Waals surface area contributed by atoms with Gasteiger partial charge in [0, 0.05) is 23.4 Å². The maximum atomic E-state index is 12.6. The zero-order valence-electron chi connectivity index (χ0n) is 14.0. The van der Waals surface area contributed by atoms with Crippen molar-refractivity contribution in [3.63, 3.8) is 0 Å². The number of hydrogen-bond donors (Lipinski definition) is 0. The summed E-state index contributed by atoms with van der Waals surface area (Å²) in [5.74, 6) is 0.550.